The summed E-state index contributed by atoms with van der Waals surface area (Å²) in [6, 6.07) is 6.10. The number of carbonyl (C=O) groups is 2. The number of hydrogen-bond donors (Lipinski definition) is 2. The van der Waals surface area contributed by atoms with Crippen LogP contribution in [0.5, 0.6) is 0 Å². The lowest BCUT2D eigenvalue weighted by molar-refractivity contribution is -0.137. The number of H-pyrrole nitrogens is 1. The Hall–Kier alpha value is -2.30. The quantitative estimate of drug-likeness (QED) is 0.885. The lowest BCUT2D eigenvalue weighted by atomic mass is 9.93. The number of piperidine rings is 1. The molecule has 2 aromatic rings. The van der Waals surface area contributed by atoms with Crippen LogP contribution in [-0.2, 0) is 16.0 Å². The van der Waals surface area contributed by atoms with Crippen molar-refractivity contribution in [2.45, 2.75) is 39.0 Å². The van der Waals surface area contributed by atoms with Crippen molar-refractivity contribution in [3.8, 4) is 0 Å². The summed E-state index contributed by atoms with van der Waals surface area (Å²) in [5.41, 5.74) is 3.28. The van der Waals surface area contributed by atoms with Crippen LogP contribution < -0.4 is 0 Å². The number of likely N-dealkylation sites (tertiary alicyclic amines) is 1. The maximum absolute atomic E-state index is 12.7. The highest BCUT2D eigenvalue weighted by Crippen LogP contribution is 2.25. The van der Waals surface area contributed by atoms with Gasteiger partial charge in [-0.1, -0.05) is 12.1 Å². The van der Waals surface area contributed by atoms with Gasteiger partial charge in [0.05, 0.1) is 6.42 Å². The van der Waals surface area contributed by atoms with Gasteiger partial charge in [-0.25, -0.2) is 0 Å². The molecule has 0 saturated carbocycles. The summed E-state index contributed by atoms with van der Waals surface area (Å²) in [6.45, 7) is 3.53. The maximum atomic E-state index is 12.7. The number of aryl methyl sites for hydroxylation is 1. The Balaban J connectivity index is 1.66. The zero-order valence-electron chi connectivity index (χ0n) is 14.0. The van der Waals surface area contributed by atoms with Crippen LogP contribution in [0.2, 0.25) is 0 Å². The predicted molar refractivity (Wildman–Crippen MR) is 92.9 cm³/mol. The molecule has 3 rings (SSSR count). The summed E-state index contributed by atoms with van der Waals surface area (Å²) >= 11 is 0. The van der Waals surface area contributed by atoms with Crippen LogP contribution in [0.4, 0.5) is 0 Å². The second-order valence-corrected chi connectivity index (χ2v) is 6.77. The molecule has 128 valence electrons. The van der Waals surface area contributed by atoms with Gasteiger partial charge in [0.15, 0.2) is 0 Å². The Labute approximate surface area is 141 Å². The van der Waals surface area contributed by atoms with Gasteiger partial charge in [0, 0.05) is 36.6 Å². The number of carboxylic acids is 1. The van der Waals surface area contributed by atoms with E-state index in [0.717, 1.165) is 35.9 Å². The fraction of sp³-hybridized carbons (Fsp3) is 0.474. The first kappa shape index (κ1) is 16.6. The van der Waals surface area contributed by atoms with Crippen molar-refractivity contribution in [3.05, 3.63) is 35.5 Å². The van der Waals surface area contributed by atoms with Gasteiger partial charge in [-0.2, -0.15) is 0 Å². The zero-order chi connectivity index (χ0) is 17.1. The average molecular weight is 328 g/mol. The molecule has 0 radical (unpaired) electrons. The molecule has 5 heteroatoms. The van der Waals surface area contributed by atoms with Crippen LogP contribution in [-0.4, -0.2) is 40.0 Å². The Morgan fingerprint density at radius 1 is 1.38 bits per heavy atom. The first-order chi connectivity index (χ1) is 11.5. The van der Waals surface area contributed by atoms with E-state index in [4.69, 9.17) is 5.11 Å². The molecule has 2 N–H and O–H groups in total. The summed E-state index contributed by atoms with van der Waals surface area (Å²) in [5.74, 6) is -0.310. The van der Waals surface area contributed by atoms with Crippen molar-refractivity contribution in [2.24, 2.45) is 5.92 Å². The molecule has 2 heterocycles. The molecule has 1 atom stereocenters. The minimum absolute atomic E-state index is 0.138. The lowest BCUT2D eigenvalue weighted by Crippen LogP contribution is -2.40. The van der Waals surface area contributed by atoms with Gasteiger partial charge < -0.3 is 15.0 Å². The number of carboxylic acid groups (broad SMARTS) is 1. The number of aromatic nitrogens is 1. The second-order valence-electron chi connectivity index (χ2n) is 6.77. The lowest BCUT2D eigenvalue weighted by Gasteiger charge is -2.32. The molecule has 1 aliphatic rings. The van der Waals surface area contributed by atoms with E-state index in [2.05, 4.69) is 18.0 Å². The highest BCUT2D eigenvalue weighted by molar-refractivity contribution is 5.91. The number of rotatable bonds is 5. The molecule has 5 nitrogen and oxygen atoms in total. The summed E-state index contributed by atoms with van der Waals surface area (Å²) in [4.78, 5) is 28.6. The number of nitrogens with zero attached hydrogens (tertiary/aromatic N) is 1. The molecule has 0 spiro atoms. The van der Waals surface area contributed by atoms with Gasteiger partial charge in [0.25, 0.3) is 0 Å². The van der Waals surface area contributed by atoms with Crippen molar-refractivity contribution >= 4 is 22.8 Å². The van der Waals surface area contributed by atoms with Gasteiger partial charge in [0.2, 0.25) is 5.91 Å². The first-order valence-corrected chi connectivity index (χ1v) is 8.59. The van der Waals surface area contributed by atoms with E-state index < -0.39 is 5.97 Å². The highest BCUT2D eigenvalue weighted by Gasteiger charge is 2.24. The molecule has 0 aliphatic carbocycles. The van der Waals surface area contributed by atoms with Gasteiger partial charge >= 0.3 is 5.97 Å². The van der Waals surface area contributed by atoms with E-state index >= 15 is 0 Å². The second kappa shape index (κ2) is 7.07. The molecule has 1 unspecified atom stereocenters. The Morgan fingerprint density at radius 2 is 2.21 bits per heavy atom. The largest absolute Gasteiger partial charge is 0.481 e. The molecule has 1 saturated heterocycles. The summed E-state index contributed by atoms with van der Waals surface area (Å²) in [7, 11) is 0. The molecule has 1 fully saturated rings. The van der Waals surface area contributed by atoms with E-state index in [9.17, 15) is 9.59 Å². The molecule has 1 aromatic carbocycles. The van der Waals surface area contributed by atoms with E-state index in [1.54, 1.807) is 0 Å². The number of hydrogen-bond acceptors (Lipinski definition) is 2. The first-order valence-electron chi connectivity index (χ1n) is 8.59. The minimum Gasteiger partial charge on any atom is -0.481 e. The van der Waals surface area contributed by atoms with Gasteiger partial charge in [-0.05, 0) is 49.3 Å². The SMILES string of the molecule is Cc1cccc2[nH]cc(CC(=O)N3CCCC(CCC(=O)O)C3)c12. The molecular formula is C19H24N2O3. The van der Waals surface area contributed by atoms with Crippen LogP contribution in [0.3, 0.4) is 0 Å². The standard InChI is InChI=1S/C19H24N2O3/c1-13-4-2-6-16-19(13)15(11-20-16)10-17(22)21-9-3-5-14(12-21)7-8-18(23)24/h2,4,6,11,14,20H,3,5,7-10,12H2,1H3,(H,23,24). The monoisotopic (exact) mass is 328 g/mol. The number of aliphatic carboxylic acids is 1. The van der Waals surface area contributed by atoms with Gasteiger partial charge in [-0.15, -0.1) is 0 Å². The van der Waals surface area contributed by atoms with Crippen molar-refractivity contribution in [2.75, 3.05) is 13.1 Å². The number of fused-ring (bicyclic) bond motifs is 1. The normalized spacial score (nSPS) is 18.0. The summed E-state index contributed by atoms with van der Waals surface area (Å²) in [6.07, 6.45) is 5.16. The van der Waals surface area contributed by atoms with Crippen LogP contribution in [0, 0.1) is 12.8 Å². The highest BCUT2D eigenvalue weighted by atomic mass is 16.4. The van der Waals surface area contributed by atoms with Crippen molar-refractivity contribution in [3.63, 3.8) is 0 Å². The number of nitrogens with one attached hydrogen (secondary N) is 1. The van der Waals surface area contributed by atoms with E-state index in [1.807, 2.05) is 23.2 Å². The van der Waals surface area contributed by atoms with Gasteiger partial charge in [-0.3, -0.25) is 9.59 Å². The third kappa shape index (κ3) is 3.61. The number of carbonyl (C=O) groups excluding carboxylic acids is 1. The Morgan fingerprint density at radius 3 is 3.00 bits per heavy atom. The average Bonchev–Trinajstić information content (AvgIpc) is 2.97. The minimum atomic E-state index is -0.757. The smallest absolute Gasteiger partial charge is 0.303 e. The number of aromatic amines is 1. The predicted octanol–water partition coefficient (Wildman–Crippen LogP) is 3.12. The van der Waals surface area contributed by atoms with Crippen LogP contribution >= 0.6 is 0 Å². The molecule has 1 aromatic heterocycles. The van der Waals surface area contributed by atoms with E-state index in [1.165, 1.54) is 5.56 Å². The molecule has 0 bridgehead atoms. The maximum Gasteiger partial charge on any atom is 0.303 e. The topological polar surface area (TPSA) is 73.4 Å². The van der Waals surface area contributed by atoms with Crippen LogP contribution in [0.25, 0.3) is 10.9 Å². The Bertz CT molecular complexity index is 750. The Kier molecular flexibility index (Phi) is 4.88. The molecular weight excluding hydrogens is 304 g/mol. The van der Waals surface area contributed by atoms with Crippen molar-refractivity contribution in [1.82, 2.24) is 9.88 Å². The van der Waals surface area contributed by atoms with Crippen LogP contribution in [0.15, 0.2) is 24.4 Å². The summed E-state index contributed by atoms with van der Waals surface area (Å²) in [5, 5.41) is 9.98. The van der Waals surface area contributed by atoms with Crippen molar-refractivity contribution in [1.29, 1.82) is 0 Å². The molecule has 24 heavy (non-hydrogen) atoms. The van der Waals surface area contributed by atoms with E-state index in [0.29, 0.717) is 25.3 Å². The third-order valence-electron chi connectivity index (χ3n) is 4.98. The fourth-order valence-electron chi connectivity index (χ4n) is 3.72. The number of benzene rings is 1. The van der Waals surface area contributed by atoms with Gasteiger partial charge in [0.1, 0.15) is 0 Å². The van der Waals surface area contributed by atoms with E-state index in [-0.39, 0.29) is 12.3 Å². The van der Waals surface area contributed by atoms with Crippen molar-refractivity contribution < 1.29 is 14.7 Å². The zero-order valence-corrected chi connectivity index (χ0v) is 14.0. The third-order valence-corrected chi connectivity index (χ3v) is 4.98. The molecule has 1 amide bonds. The summed E-state index contributed by atoms with van der Waals surface area (Å²) < 4.78 is 0. The van der Waals surface area contributed by atoms with Crippen LogP contribution in [0.1, 0.15) is 36.8 Å². The number of amides is 1. The fourth-order valence-corrected chi connectivity index (χ4v) is 3.72. The molecule has 1 aliphatic heterocycles.